The number of rotatable bonds is 2. The Hall–Kier alpha value is -0.830. The van der Waals surface area contributed by atoms with E-state index < -0.39 is 0 Å². The molecule has 25 heavy (non-hydrogen) atoms. The first kappa shape index (κ1) is 17.6. The van der Waals surface area contributed by atoms with Gasteiger partial charge in [0.1, 0.15) is 0 Å². The van der Waals surface area contributed by atoms with E-state index in [4.69, 9.17) is 4.74 Å². The fraction of sp³-hybridized carbons (Fsp3) is 0.864. The van der Waals surface area contributed by atoms with E-state index >= 15 is 0 Å². The van der Waals surface area contributed by atoms with Gasteiger partial charge in [-0.05, 0) is 68.6 Å². The summed E-state index contributed by atoms with van der Waals surface area (Å²) in [5, 5.41) is 11.3. The molecular formula is C22H34O3. The number of esters is 1. The van der Waals surface area contributed by atoms with Gasteiger partial charge < -0.3 is 9.84 Å². The Bertz CT molecular complexity index is 610. The molecule has 0 aromatic rings. The van der Waals surface area contributed by atoms with E-state index in [1.807, 2.05) is 0 Å². The minimum Gasteiger partial charge on any atom is -0.465 e. The molecule has 3 nitrogen and oxygen atoms in total. The second-order valence-electron chi connectivity index (χ2n) is 10.1. The minimum absolute atomic E-state index is 0.00449. The lowest BCUT2D eigenvalue weighted by Gasteiger charge is -2.65. The SMILES string of the molecule is CC(=O)OCC1(C)CCCC2(C)C1CC(O)C13C=C(C)C(CCC21)C3. The quantitative estimate of drug-likeness (QED) is 0.592. The summed E-state index contributed by atoms with van der Waals surface area (Å²) in [5.41, 5.74) is 1.77. The number of hydrogen-bond acceptors (Lipinski definition) is 3. The normalized spacial score (nSPS) is 51.3. The number of aliphatic hydroxyl groups is 1. The molecular weight excluding hydrogens is 312 g/mol. The Morgan fingerprint density at radius 1 is 1.28 bits per heavy atom. The Labute approximate surface area is 152 Å². The molecule has 0 saturated heterocycles. The van der Waals surface area contributed by atoms with Crippen LogP contribution in [0.2, 0.25) is 0 Å². The van der Waals surface area contributed by atoms with Crippen LogP contribution in [0.15, 0.2) is 11.6 Å². The number of carbonyl (C=O) groups excluding carboxylic acids is 1. The Morgan fingerprint density at radius 2 is 2.04 bits per heavy atom. The molecule has 0 aromatic carbocycles. The van der Waals surface area contributed by atoms with Crippen LogP contribution in [0.4, 0.5) is 0 Å². The van der Waals surface area contributed by atoms with Gasteiger partial charge >= 0.3 is 5.97 Å². The van der Waals surface area contributed by atoms with Crippen LogP contribution < -0.4 is 0 Å². The summed E-state index contributed by atoms with van der Waals surface area (Å²) in [6.07, 6.45) is 10.3. The van der Waals surface area contributed by atoms with Crippen LogP contribution in [0.1, 0.15) is 72.6 Å². The largest absolute Gasteiger partial charge is 0.465 e. The molecule has 3 heteroatoms. The van der Waals surface area contributed by atoms with Crippen LogP contribution in [0.3, 0.4) is 0 Å². The smallest absolute Gasteiger partial charge is 0.302 e. The average Bonchev–Trinajstić information content (AvgIpc) is 2.79. The minimum atomic E-state index is -0.245. The van der Waals surface area contributed by atoms with Crippen molar-refractivity contribution >= 4 is 5.97 Å². The topological polar surface area (TPSA) is 46.5 Å². The first-order valence-electron chi connectivity index (χ1n) is 10.2. The van der Waals surface area contributed by atoms with Crippen molar-refractivity contribution in [3.05, 3.63) is 11.6 Å². The molecule has 7 unspecified atom stereocenters. The second-order valence-corrected chi connectivity index (χ2v) is 10.1. The molecule has 1 N–H and O–H groups in total. The lowest BCUT2D eigenvalue weighted by atomic mass is 9.40. The van der Waals surface area contributed by atoms with Gasteiger partial charge in [-0.15, -0.1) is 0 Å². The molecule has 0 heterocycles. The Kier molecular flexibility index (Phi) is 3.92. The van der Waals surface area contributed by atoms with Crippen molar-refractivity contribution in [1.82, 2.24) is 0 Å². The molecule has 4 aliphatic carbocycles. The summed E-state index contributed by atoms with van der Waals surface area (Å²) in [7, 11) is 0. The van der Waals surface area contributed by atoms with Crippen LogP contribution in [0, 0.1) is 34.0 Å². The first-order valence-corrected chi connectivity index (χ1v) is 10.2. The highest BCUT2D eigenvalue weighted by atomic mass is 16.5. The number of ether oxygens (including phenoxy) is 1. The van der Waals surface area contributed by atoms with Gasteiger partial charge in [-0.2, -0.15) is 0 Å². The highest BCUT2D eigenvalue weighted by Gasteiger charge is 2.65. The molecule has 1 spiro atoms. The maximum atomic E-state index is 11.4. The van der Waals surface area contributed by atoms with Gasteiger partial charge in [0.15, 0.2) is 0 Å². The maximum absolute atomic E-state index is 11.4. The van der Waals surface area contributed by atoms with Crippen molar-refractivity contribution in [1.29, 1.82) is 0 Å². The van der Waals surface area contributed by atoms with E-state index in [-0.39, 0.29) is 28.3 Å². The number of carbonyl (C=O) groups is 1. The van der Waals surface area contributed by atoms with Crippen molar-refractivity contribution < 1.29 is 14.6 Å². The molecule has 0 aliphatic heterocycles. The third-order valence-electron chi connectivity index (χ3n) is 8.77. The van der Waals surface area contributed by atoms with E-state index in [0.717, 1.165) is 19.3 Å². The predicted molar refractivity (Wildman–Crippen MR) is 97.8 cm³/mol. The molecule has 4 rings (SSSR count). The van der Waals surface area contributed by atoms with Gasteiger partial charge in [-0.3, -0.25) is 4.79 Å². The van der Waals surface area contributed by atoms with Gasteiger partial charge in [0.05, 0.1) is 12.7 Å². The molecule has 0 amide bonds. The van der Waals surface area contributed by atoms with Crippen LogP contribution in [-0.2, 0) is 9.53 Å². The highest BCUT2D eigenvalue weighted by molar-refractivity contribution is 5.65. The maximum Gasteiger partial charge on any atom is 0.302 e. The van der Waals surface area contributed by atoms with E-state index in [2.05, 4.69) is 26.8 Å². The summed E-state index contributed by atoms with van der Waals surface area (Å²) in [6, 6.07) is 0. The number of hydrogen-bond donors (Lipinski definition) is 1. The average molecular weight is 347 g/mol. The van der Waals surface area contributed by atoms with E-state index in [9.17, 15) is 9.90 Å². The number of allylic oxidation sites excluding steroid dienone is 1. The molecule has 2 bridgehead atoms. The predicted octanol–water partition coefficient (Wildman–Crippen LogP) is 4.49. The lowest BCUT2D eigenvalue weighted by Crippen LogP contribution is -2.62. The summed E-state index contributed by atoms with van der Waals surface area (Å²) in [5.74, 6) is 1.52. The van der Waals surface area contributed by atoms with Crippen LogP contribution >= 0.6 is 0 Å². The van der Waals surface area contributed by atoms with E-state index in [1.54, 1.807) is 0 Å². The molecule has 3 fully saturated rings. The van der Waals surface area contributed by atoms with Gasteiger partial charge in [0.25, 0.3) is 0 Å². The molecule has 3 saturated carbocycles. The summed E-state index contributed by atoms with van der Waals surface area (Å²) >= 11 is 0. The Morgan fingerprint density at radius 3 is 2.76 bits per heavy atom. The lowest BCUT2D eigenvalue weighted by molar-refractivity contribution is -0.198. The van der Waals surface area contributed by atoms with Gasteiger partial charge in [-0.25, -0.2) is 0 Å². The fourth-order valence-corrected chi connectivity index (χ4v) is 7.68. The summed E-state index contributed by atoms with van der Waals surface area (Å²) < 4.78 is 5.49. The zero-order chi connectivity index (χ0) is 18.0. The van der Waals surface area contributed by atoms with E-state index in [1.165, 1.54) is 38.2 Å². The van der Waals surface area contributed by atoms with Crippen LogP contribution in [0.5, 0.6) is 0 Å². The third-order valence-corrected chi connectivity index (χ3v) is 8.77. The van der Waals surface area contributed by atoms with Gasteiger partial charge in [-0.1, -0.05) is 31.9 Å². The molecule has 0 radical (unpaired) electrons. The Balaban J connectivity index is 1.71. The third kappa shape index (κ3) is 2.37. The molecule has 140 valence electrons. The zero-order valence-electron chi connectivity index (χ0n) is 16.3. The monoisotopic (exact) mass is 346 g/mol. The van der Waals surface area contributed by atoms with Gasteiger partial charge in [0.2, 0.25) is 0 Å². The van der Waals surface area contributed by atoms with Gasteiger partial charge in [0, 0.05) is 17.8 Å². The number of aliphatic hydroxyl groups excluding tert-OH is 1. The van der Waals surface area contributed by atoms with Crippen LogP contribution in [-0.4, -0.2) is 23.8 Å². The summed E-state index contributed by atoms with van der Waals surface area (Å²) in [6.45, 7) is 9.07. The second kappa shape index (κ2) is 5.58. The number of fused-ring (bicyclic) bond motifs is 3. The highest BCUT2D eigenvalue weighted by Crippen LogP contribution is 2.70. The molecule has 7 atom stereocenters. The first-order chi connectivity index (χ1) is 11.7. The zero-order valence-corrected chi connectivity index (χ0v) is 16.3. The van der Waals surface area contributed by atoms with Crippen molar-refractivity contribution in [3.8, 4) is 0 Å². The standard InChI is InChI=1S/C22H34O3/c1-14-11-22-12-16(14)6-7-17(22)21(4)9-5-8-20(3,13-25-15(2)23)18(21)10-19(22)24/h11,16-19,24H,5-10,12-13H2,1-4H3. The van der Waals surface area contributed by atoms with Crippen molar-refractivity contribution in [2.45, 2.75) is 78.7 Å². The molecule has 4 aliphatic rings. The summed E-state index contributed by atoms with van der Waals surface area (Å²) in [4.78, 5) is 11.4. The van der Waals surface area contributed by atoms with Crippen LogP contribution in [0.25, 0.3) is 0 Å². The van der Waals surface area contributed by atoms with Crippen molar-refractivity contribution in [3.63, 3.8) is 0 Å². The molecule has 0 aromatic heterocycles. The van der Waals surface area contributed by atoms with Crippen molar-refractivity contribution in [2.24, 2.45) is 34.0 Å². The fourth-order valence-electron chi connectivity index (χ4n) is 7.68. The van der Waals surface area contributed by atoms with Crippen molar-refractivity contribution in [2.75, 3.05) is 6.61 Å². The van der Waals surface area contributed by atoms with E-state index in [0.29, 0.717) is 24.4 Å².